The van der Waals surface area contributed by atoms with Crippen molar-refractivity contribution in [2.24, 2.45) is 11.8 Å². The van der Waals surface area contributed by atoms with Gasteiger partial charge in [0.25, 0.3) is 5.91 Å². The number of carbonyl (C=O) groups excluding carboxylic acids is 2. The number of benzene rings is 2. The van der Waals surface area contributed by atoms with E-state index in [1.165, 1.54) is 6.07 Å². The summed E-state index contributed by atoms with van der Waals surface area (Å²) in [5.74, 6) is -0.409. The topological polar surface area (TPSA) is 118 Å². The maximum absolute atomic E-state index is 13.3. The first-order valence-corrected chi connectivity index (χ1v) is 13.1. The second-order valence-corrected chi connectivity index (χ2v) is 10.9. The van der Waals surface area contributed by atoms with E-state index in [1.807, 2.05) is 45.0 Å². The fraction of sp³-hybridized carbons (Fsp3) is 0.400. The molecule has 1 aliphatic rings. The minimum Gasteiger partial charge on any atom is -0.478 e. The SMILES string of the molecule is CC(C)(C)OC(=O)NC[C@H]1CC[C@H](CNC(=O)c2cc(-c3cccc(C(=O)O)c3)nc3ccccc23)CC1. The molecule has 0 bridgehead atoms. The maximum atomic E-state index is 13.3. The molecule has 1 saturated carbocycles. The number of carbonyl (C=O) groups is 3. The van der Waals surface area contributed by atoms with Crippen molar-refractivity contribution >= 4 is 28.9 Å². The quantitative estimate of drug-likeness (QED) is 0.372. The van der Waals surface area contributed by atoms with Gasteiger partial charge >= 0.3 is 12.1 Å². The average Bonchev–Trinajstić information content (AvgIpc) is 2.89. The van der Waals surface area contributed by atoms with Crippen molar-refractivity contribution in [1.29, 1.82) is 0 Å². The molecule has 2 amide bonds. The Morgan fingerprint density at radius 1 is 0.921 bits per heavy atom. The van der Waals surface area contributed by atoms with Crippen LogP contribution in [-0.2, 0) is 4.74 Å². The highest BCUT2D eigenvalue weighted by atomic mass is 16.6. The third kappa shape index (κ3) is 7.09. The first kappa shape index (κ1) is 27.1. The summed E-state index contributed by atoms with van der Waals surface area (Å²) in [5, 5.41) is 16.1. The van der Waals surface area contributed by atoms with E-state index in [1.54, 1.807) is 24.3 Å². The molecule has 2 aromatic carbocycles. The van der Waals surface area contributed by atoms with E-state index in [9.17, 15) is 19.5 Å². The van der Waals surface area contributed by atoms with E-state index in [4.69, 9.17) is 4.74 Å². The molecular weight excluding hydrogens is 482 g/mol. The number of carboxylic acid groups (broad SMARTS) is 1. The van der Waals surface area contributed by atoms with E-state index >= 15 is 0 Å². The molecule has 1 heterocycles. The van der Waals surface area contributed by atoms with Crippen LogP contribution in [-0.4, -0.2) is 46.8 Å². The van der Waals surface area contributed by atoms with E-state index in [0.29, 0.717) is 47.3 Å². The lowest BCUT2D eigenvalue weighted by atomic mass is 9.82. The number of fused-ring (bicyclic) bond motifs is 1. The van der Waals surface area contributed by atoms with Gasteiger partial charge in [-0.05, 0) is 82.6 Å². The van der Waals surface area contributed by atoms with Crippen LogP contribution in [0.15, 0.2) is 54.6 Å². The molecule has 0 radical (unpaired) electrons. The van der Waals surface area contributed by atoms with Crippen molar-refractivity contribution in [1.82, 2.24) is 15.6 Å². The van der Waals surface area contributed by atoms with Crippen LogP contribution in [0.3, 0.4) is 0 Å². The van der Waals surface area contributed by atoms with Gasteiger partial charge in [-0.2, -0.15) is 0 Å². The van der Waals surface area contributed by atoms with E-state index in [2.05, 4.69) is 15.6 Å². The van der Waals surface area contributed by atoms with Crippen LogP contribution in [0.2, 0.25) is 0 Å². The Kier molecular flexibility index (Phi) is 8.29. The molecule has 3 N–H and O–H groups in total. The zero-order valence-electron chi connectivity index (χ0n) is 22.1. The number of amides is 2. The Labute approximate surface area is 222 Å². The van der Waals surface area contributed by atoms with Crippen molar-refractivity contribution in [3.8, 4) is 11.3 Å². The van der Waals surface area contributed by atoms with Gasteiger partial charge in [-0.1, -0.05) is 30.3 Å². The normalized spacial score (nSPS) is 17.6. The second-order valence-electron chi connectivity index (χ2n) is 10.9. The van der Waals surface area contributed by atoms with Crippen LogP contribution in [0.5, 0.6) is 0 Å². The van der Waals surface area contributed by atoms with Gasteiger partial charge in [0.15, 0.2) is 0 Å². The third-order valence-electron chi connectivity index (χ3n) is 6.82. The lowest BCUT2D eigenvalue weighted by molar-refractivity contribution is 0.0512. The molecule has 0 aliphatic heterocycles. The number of carboxylic acids is 1. The van der Waals surface area contributed by atoms with E-state index in [-0.39, 0.29) is 17.6 Å². The first-order chi connectivity index (χ1) is 18.1. The zero-order chi connectivity index (χ0) is 27.3. The summed E-state index contributed by atoms with van der Waals surface area (Å²) in [7, 11) is 0. The van der Waals surface area contributed by atoms with Gasteiger partial charge in [0.05, 0.1) is 22.3 Å². The second kappa shape index (κ2) is 11.6. The fourth-order valence-electron chi connectivity index (χ4n) is 4.84. The van der Waals surface area contributed by atoms with Gasteiger partial charge in [0, 0.05) is 24.0 Å². The molecule has 0 unspecified atom stereocenters. The number of alkyl carbamates (subject to hydrolysis) is 1. The Hall–Kier alpha value is -3.94. The maximum Gasteiger partial charge on any atom is 0.407 e. The molecule has 4 rings (SSSR count). The van der Waals surface area contributed by atoms with Gasteiger partial charge in [0.2, 0.25) is 0 Å². The number of aromatic nitrogens is 1. The standard InChI is InChI=1S/C30H35N3O5/c1-30(2,3)38-29(37)32-18-20-13-11-19(12-14-20)17-31-27(34)24-16-26(33-25-10-5-4-9-23(24)25)21-7-6-8-22(15-21)28(35)36/h4-10,15-16,19-20H,11-14,17-18H2,1-3H3,(H,31,34)(H,32,37)(H,35,36)/t19-,20-. The van der Waals surface area contributed by atoms with Gasteiger partial charge in [-0.3, -0.25) is 4.79 Å². The molecule has 3 aromatic rings. The highest BCUT2D eigenvalue weighted by Gasteiger charge is 2.24. The summed E-state index contributed by atoms with van der Waals surface area (Å²) < 4.78 is 5.31. The molecule has 1 aliphatic carbocycles. The number of hydrogen-bond acceptors (Lipinski definition) is 5. The van der Waals surface area contributed by atoms with E-state index in [0.717, 1.165) is 31.1 Å². The Morgan fingerprint density at radius 2 is 1.58 bits per heavy atom. The largest absolute Gasteiger partial charge is 0.478 e. The summed E-state index contributed by atoms with van der Waals surface area (Å²) in [6, 6.07) is 15.8. The lowest BCUT2D eigenvalue weighted by Gasteiger charge is -2.29. The molecule has 0 spiro atoms. The number of rotatable bonds is 7. The number of nitrogens with one attached hydrogen (secondary N) is 2. The van der Waals surface area contributed by atoms with Crippen LogP contribution in [0.25, 0.3) is 22.2 Å². The molecule has 1 aromatic heterocycles. The van der Waals surface area contributed by atoms with Crippen LogP contribution in [0, 0.1) is 11.8 Å². The number of hydrogen-bond donors (Lipinski definition) is 3. The summed E-state index contributed by atoms with van der Waals surface area (Å²) in [5.41, 5.74) is 2.04. The predicted molar refractivity (Wildman–Crippen MR) is 146 cm³/mol. The highest BCUT2D eigenvalue weighted by Crippen LogP contribution is 2.29. The summed E-state index contributed by atoms with van der Waals surface area (Å²) in [6.07, 6.45) is 3.54. The van der Waals surface area contributed by atoms with Crippen molar-refractivity contribution in [3.63, 3.8) is 0 Å². The lowest BCUT2D eigenvalue weighted by Crippen LogP contribution is -2.37. The predicted octanol–water partition coefficient (Wildman–Crippen LogP) is 5.66. The number of nitrogens with zero attached hydrogens (tertiary/aromatic N) is 1. The van der Waals surface area contributed by atoms with Crippen LogP contribution in [0.4, 0.5) is 4.79 Å². The molecule has 200 valence electrons. The third-order valence-corrected chi connectivity index (χ3v) is 6.82. The zero-order valence-corrected chi connectivity index (χ0v) is 22.1. The molecule has 8 heteroatoms. The van der Waals surface area contributed by atoms with E-state index < -0.39 is 11.6 Å². The monoisotopic (exact) mass is 517 g/mol. The highest BCUT2D eigenvalue weighted by molar-refractivity contribution is 6.07. The van der Waals surface area contributed by atoms with Crippen molar-refractivity contribution in [2.75, 3.05) is 13.1 Å². The molecule has 8 nitrogen and oxygen atoms in total. The van der Waals surface area contributed by atoms with Gasteiger partial charge < -0.3 is 20.5 Å². The summed E-state index contributed by atoms with van der Waals surface area (Å²) >= 11 is 0. The van der Waals surface area contributed by atoms with Gasteiger partial charge in [-0.25, -0.2) is 14.6 Å². The average molecular weight is 518 g/mol. The van der Waals surface area contributed by atoms with Crippen LogP contribution in [0.1, 0.15) is 67.2 Å². The molecule has 1 fully saturated rings. The summed E-state index contributed by atoms with van der Waals surface area (Å²) in [6.45, 7) is 6.71. The molecule has 0 saturated heterocycles. The fourth-order valence-corrected chi connectivity index (χ4v) is 4.84. The summed E-state index contributed by atoms with van der Waals surface area (Å²) in [4.78, 5) is 41.4. The first-order valence-electron chi connectivity index (χ1n) is 13.1. The minimum absolute atomic E-state index is 0.167. The molecular formula is C30H35N3O5. The number of para-hydroxylation sites is 1. The smallest absolute Gasteiger partial charge is 0.407 e. The van der Waals surface area contributed by atoms with Crippen molar-refractivity contribution in [2.45, 2.75) is 52.1 Å². The van der Waals surface area contributed by atoms with Gasteiger partial charge in [-0.15, -0.1) is 0 Å². The Bertz CT molecular complexity index is 1320. The van der Waals surface area contributed by atoms with Crippen LogP contribution < -0.4 is 10.6 Å². The minimum atomic E-state index is -1.01. The van der Waals surface area contributed by atoms with Gasteiger partial charge in [0.1, 0.15) is 5.60 Å². The Balaban J connectivity index is 1.38. The van der Waals surface area contributed by atoms with Crippen LogP contribution >= 0.6 is 0 Å². The number of pyridine rings is 1. The number of aromatic carboxylic acids is 1. The van der Waals surface area contributed by atoms with Crippen molar-refractivity contribution < 1.29 is 24.2 Å². The number of ether oxygens (including phenoxy) is 1. The van der Waals surface area contributed by atoms with Crippen molar-refractivity contribution in [3.05, 3.63) is 65.7 Å². The molecule has 0 atom stereocenters. The Morgan fingerprint density at radius 3 is 2.24 bits per heavy atom. The molecule has 38 heavy (non-hydrogen) atoms.